The van der Waals surface area contributed by atoms with Crippen LogP contribution in [0.5, 0.6) is 17.2 Å². The van der Waals surface area contributed by atoms with Crippen LogP contribution in [0, 0.1) is 0 Å². The molecule has 1 aliphatic rings. The molecule has 0 aliphatic carbocycles. The minimum absolute atomic E-state index is 0.0912. The molecule has 0 spiro atoms. The third kappa shape index (κ3) is 2.95. The molecule has 0 saturated carbocycles. The van der Waals surface area contributed by atoms with Gasteiger partial charge in [0.05, 0.1) is 17.7 Å². The molecule has 8 N–H and O–H groups in total. The average Bonchev–Trinajstić information content (AvgIpc) is 2.93. The Morgan fingerprint density at radius 2 is 1.50 bits per heavy atom. The quantitative estimate of drug-likeness (QED) is 0.173. The molecule has 0 radical (unpaired) electrons. The predicted molar refractivity (Wildman–Crippen MR) is 89.2 cm³/mol. The third-order valence-electron chi connectivity index (χ3n) is 4.37. The number of phenols is 3. The van der Waals surface area contributed by atoms with E-state index in [2.05, 4.69) is 5.32 Å². The lowest BCUT2D eigenvalue weighted by atomic mass is 9.91. The molecule has 2 rings (SSSR count). The van der Waals surface area contributed by atoms with Crippen molar-refractivity contribution in [2.24, 2.45) is 0 Å². The minimum Gasteiger partial charge on any atom is -0.504 e. The summed E-state index contributed by atoms with van der Waals surface area (Å²) in [4.78, 5) is 12.7. The van der Waals surface area contributed by atoms with Gasteiger partial charge in [0.2, 0.25) is 11.7 Å². The fourth-order valence-electron chi connectivity index (χ4n) is 3.14. The largest absolute Gasteiger partial charge is 0.504 e. The minimum atomic E-state index is -3.48. The van der Waals surface area contributed by atoms with E-state index in [0.717, 1.165) is 4.90 Å². The standard InChI is InChI=1S/C16H24N2O8/c1-3-5-18(6-4-2)16(25,26)15(23,24)10-8-7-9(19)17-11(8)13(21)14(22)12(10)20/h20-26H,3-7H2,1-2H3,(H,17,19). The highest BCUT2D eigenvalue weighted by atomic mass is 16.6. The van der Waals surface area contributed by atoms with Gasteiger partial charge in [0.1, 0.15) is 0 Å². The van der Waals surface area contributed by atoms with Gasteiger partial charge < -0.3 is 41.1 Å². The first-order chi connectivity index (χ1) is 12.0. The second kappa shape index (κ2) is 6.89. The third-order valence-corrected chi connectivity index (χ3v) is 4.37. The molecule has 1 aliphatic heterocycles. The molecular formula is C16H24N2O8. The number of benzene rings is 1. The van der Waals surface area contributed by atoms with Gasteiger partial charge in [0.25, 0.3) is 11.7 Å². The lowest BCUT2D eigenvalue weighted by Crippen LogP contribution is -2.63. The summed E-state index contributed by atoms with van der Waals surface area (Å²) >= 11 is 0. The maximum atomic E-state index is 11.7. The van der Waals surface area contributed by atoms with Crippen LogP contribution >= 0.6 is 0 Å². The highest BCUT2D eigenvalue weighted by molar-refractivity contribution is 6.03. The molecule has 0 unspecified atom stereocenters. The van der Waals surface area contributed by atoms with Crippen molar-refractivity contribution in [1.29, 1.82) is 0 Å². The molecule has 146 valence electrons. The number of aromatic hydroxyl groups is 3. The highest BCUT2D eigenvalue weighted by Crippen LogP contribution is 2.53. The first-order valence-corrected chi connectivity index (χ1v) is 8.25. The molecule has 10 nitrogen and oxygen atoms in total. The Bertz CT molecular complexity index is 711. The van der Waals surface area contributed by atoms with Gasteiger partial charge in [0.15, 0.2) is 11.5 Å². The Kier molecular flexibility index (Phi) is 5.36. The topological polar surface area (TPSA) is 174 Å². The summed E-state index contributed by atoms with van der Waals surface area (Å²) in [6.45, 7) is 3.68. The molecule has 1 heterocycles. The van der Waals surface area contributed by atoms with Gasteiger partial charge >= 0.3 is 0 Å². The van der Waals surface area contributed by atoms with Crippen LogP contribution in [0.25, 0.3) is 0 Å². The number of phenolic OH excluding ortho intramolecular Hbond substituents is 3. The van der Waals surface area contributed by atoms with Gasteiger partial charge in [-0.1, -0.05) is 13.8 Å². The van der Waals surface area contributed by atoms with E-state index >= 15 is 0 Å². The van der Waals surface area contributed by atoms with Gasteiger partial charge in [-0.05, 0) is 12.8 Å². The highest BCUT2D eigenvalue weighted by Gasteiger charge is 2.56. The van der Waals surface area contributed by atoms with Crippen LogP contribution in [-0.2, 0) is 17.0 Å². The zero-order valence-electron chi connectivity index (χ0n) is 14.5. The molecule has 0 fully saturated rings. The summed E-state index contributed by atoms with van der Waals surface area (Å²) in [6, 6.07) is 0. The number of amides is 1. The molecule has 1 aromatic carbocycles. The van der Waals surface area contributed by atoms with E-state index in [-0.39, 0.29) is 24.3 Å². The van der Waals surface area contributed by atoms with Crippen LogP contribution in [0.3, 0.4) is 0 Å². The molecule has 1 amide bonds. The summed E-state index contributed by atoms with van der Waals surface area (Å²) in [5.41, 5.74) is -1.46. The van der Waals surface area contributed by atoms with Crippen molar-refractivity contribution < 1.29 is 40.5 Å². The number of anilines is 1. The Labute approximate surface area is 149 Å². The summed E-state index contributed by atoms with van der Waals surface area (Å²) < 4.78 is 0. The molecule has 26 heavy (non-hydrogen) atoms. The summed E-state index contributed by atoms with van der Waals surface area (Å²) in [5, 5.41) is 74.4. The molecule has 0 atom stereocenters. The Morgan fingerprint density at radius 1 is 0.962 bits per heavy atom. The van der Waals surface area contributed by atoms with Gasteiger partial charge in [-0.25, -0.2) is 4.90 Å². The van der Waals surface area contributed by atoms with Crippen molar-refractivity contribution in [3.05, 3.63) is 11.1 Å². The Morgan fingerprint density at radius 3 is 2.00 bits per heavy atom. The van der Waals surface area contributed by atoms with Crippen LogP contribution in [0.4, 0.5) is 5.69 Å². The van der Waals surface area contributed by atoms with Crippen molar-refractivity contribution >= 4 is 11.6 Å². The molecule has 0 bridgehead atoms. The van der Waals surface area contributed by atoms with Crippen molar-refractivity contribution in [2.75, 3.05) is 18.4 Å². The first-order valence-electron chi connectivity index (χ1n) is 8.25. The van der Waals surface area contributed by atoms with Crippen LogP contribution in [0.15, 0.2) is 0 Å². The van der Waals surface area contributed by atoms with Crippen LogP contribution in [-0.4, -0.2) is 65.6 Å². The number of rotatable bonds is 7. The summed E-state index contributed by atoms with van der Waals surface area (Å²) in [5.74, 6) is -10.5. The van der Waals surface area contributed by atoms with Crippen molar-refractivity contribution in [2.45, 2.75) is 44.8 Å². The number of hydrogen-bond acceptors (Lipinski definition) is 9. The van der Waals surface area contributed by atoms with Gasteiger partial charge in [0, 0.05) is 18.7 Å². The average molecular weight is 372 g/mol. The zero-order chi connectivity index (χ0) is 19.9. The second-order valence-corrected chi connectivity index (χ2v) is 6.29. The predicted octanol–water partition coefficient (Wildman–Crippen LogP) is -0.804. The SMILES string of the molecule is CCCN(CCC)C(O)(O)C(O)(O)c1c(O)c(O)c(O)c2c1CC(=O)N2. The number of nitrogens with one attached hydrogen (secondary N) is 1. The number of carbonyl (C=O) groups is 1. The van der Waals surface area contributed by atoms with Gasteiger partial charge in [-0.2, -0.15) is 0 Å². The maximum Gasteiger partial charge on any atom is 0.286 e. The summed E-state index contributed by atoms with van der Waals surface area (Å²) in [7, 11) is 0. The van der Waals surface area contributed by atoms with E-state index in [1.54, 1.807) is 13.8 Å². The van der Waals surface area contributed by atoms with Crippen LogP contribution in [0.1, 0.15) is 37.8 Å². The monoisotopic (exact) mass is 372 g/mol. The Balaban J connectivity index is 2.68. The van der Waals surface area contributed by atoms with E-state index in [0.29, 0.717) is 12.8 Å². The smallest absolute Gasteiger partial charge is 0.286 e. The van der Waals surface area contributed by atoms with Crippen molar-refractivity contribution in [3.8, 4) is 17.2 Å². The molecule has 0 aromatic heterocycles. The molecule has 1 aromatic rings. The summed E-state index contributed by atoms with van der Waals surface area (Å²) in [6.07, 6.45) is 0.459. The number of fused-ring (bicyclic) bond motifs is 1. The van der Waals surface area contributed by atoms with E-state index in [4.69, 9.17) is 0 Å². The fraction of sp³-hybridized carbons (Fsp3) is 0.562. The van der Waals surface area contributed by atoms with Gasteiger partial charge in [-0.15, -0.1) is 0 Å². The number of carbonyl (C=O) groups excluding carboxylic acids is 1. The van der Waals surface area contributed by atoms with E-state index in [9.17, 15) is 40.5 Å². The first kappa shape index (κ1) is 20.2. The second-order valence-electron chi connectivity index (χ2n) is 6.29. The van der Waals surface area contributed by atoms with E-state index in [1.807, 2.05) is 0 Å². The van der Waals surface area contributed by atoms with Crippen molar-refractivity contribution in [1.82, 2.24) is 4.90 Å². The number of nitrogens with zero attached hydrogens (tertiary/aromatic N) is 1. The maximum absolute atomic E-state index is 11.7. The normalized spacial score (nSPS) is 14.7. The van der Waals surface area contributed by atoms with Gasteiger partial charge in [-0.3, -0.25) is 4.79 Å². The van der Waals surface area contributed by atoms with E-state index in [1.165, 1.54) is 0 Å². The number of hydrogen-bond donors (Lipinski definition) is 8. The number of aliphatic hydroxyl groups is 4. The fourth-order valence-corrected chi connectivity index (χ4v) is 3.14. The van der Waals surface area contributed by atoms with Crippen LogP contribution < -0.4 is 5.32 Å². The lowest BCUT2D eigenvalue weighted by molar-refractivity contribution is -0.421. The zero-order valence-corrected chi connectivity index (χ0v) is 14.5. The van der Waals surface area contributed by atoms with E-state index < -0.39 is 46.8 Å². The molecular weight excluding hydrogens is 348 g/mol. The molecule has 0 saturated heterocycles. The Hall–Kier alpha value is -2.11. The molecule has 10 heteroatoms. The van der Waals surface area contributed by atoms with Crippen LogP contribution in [0.2, 0.25) is 0 Å². The lowest BCUT2D eigenvalue weighted by Gasteiger charge is -2.43. The van der Waals surface area contributed by atoms with Crippen molar-refractivity contribution in [3.63, 3.8) is 0 Å².